The number of aromatic amines is 1. The number of nitrogens with one attached hydrogen (secondary N) is 1. The van der Waals surface area contributed by atoms with Crippen LogP contribution >= 0.6 is 11.6 Å². The van der Waals surface area contributed by atoms with E-state index in [4.69, 9.17) is 11.6 Å². The average molecular weight is 303 g/mol. The number of nitrogens with zero attached hydrogens (tertiary/aromatic N) is 1. The molecule has 0 aromatic carbocycles. The van der Waals surface area contributed by atoms with Gasteiger partial charge in [0, 0.05) is 23.1 Å². The average Bonchev–Trinajstić information content (AvgIpc) is 2.56. The first-order valence-electron chi connectivity index (χ1n) is 5.83. The molecule has 1 N–H and O–H groups in total. The second kappa shape index (κ2) is 5.02. The van der Waals surface area contributed by atoms with Gasteiger partial charge in [0.15, 0.2) is 9.84 Å². The van der Waals surface area contributed by atoms with Crippen LogP contribution in [0.25, 0.3) is 0 Å². The minimum absolute atomic E-state index is 0.141. The lowest BCUT2D eigenvalue weighted by atomic mass is 10.0. The van der Waals surface area contributed by atoms with E-state index in [0.29, 0.717) is 22.1 Å². The van der Waals surface area contributed by atoms with Crippen molar-refractivity contribution >= 4 is 21.4 Å². The van der Waals surface area contributed by atoms with Gasteiger partial charge in [0.05, 0.1) is 11.4 Å². The summed E-state index contributed by atoms with van der Waals surface area (Å²) in [6.45, 7) is 1.83. The highest BCUT2D eigenvalue weighted by Gasteiger charge is 2.26. The first-order chi connectivity index (χ1) is 8.79. The zero-order chi connectivity index (χ0) is 14.2. The molecule has 1 aromatic rings. The van der Waals surface area contributed by atoms with Crippen molar-refractivity contribution in [2.24, 2.45) is 13.0 Å². The number of aromatic nitrogens is 2. The Kier molecular flexibility index (Phi) is 3.73. The third kappa shape index (κ3) is 3.01. The number of sulfone groups is 1. The molecule has 0 fully saturated rings. The van der Waals surface area contributed by atoms with Crippen LogP contribution in [0.3, 0.4) is 0 Å². The van der Waals surface area contributed by atoms with Gasteiger partial charge in [-0.05, 0) is 24.5 Å². The topological polar surface area (TPSA) is 71.9 Å². The lowest BCUT2D eigenvalue weighted by Crippen LogP contribution is -2.16. The van der Waals surface area contributed by atoms with Crippen molar-refractivity contribution in [2.75, 3.05) is 0 Å². The minimum Gasteiger partial charge on any atom is -0.299 e. The maximum Gasteiger partial charge on any atom is 0.266 e. The summed E-state index contributed by atoms with van der Waals surface area (Å²) in [5, 5.41) is 3.37. The van der Waals surface area contributed by atoms with Gasteiger partial charge in [-0.15, -0.1) is 0 Å². The van der Waals surface area contributed by atoms with Crippen molar-refractivity contribution < 1.29 is 8.42 Å². The van der Waals surface area contributed by atoms with Gasteiger partial charge in [-0.25, -0.2) is 8.42 Å². The van der Waals surface area contributed by atoms with Gasteiger partial charge < -0.3 is 0 Å². The van der Waals surface area contributed by atoms with Crippen LogP contribution in [0.4, 0.5) is 0 Å². The number of rotatable bonds is 3. The van der Waals surface area contributed by atoms with Crippen molar-refractivity contribution in [3.63, 3.8) is 0 Å². The first kappa shape index (κ1) is 14.1. The van der Waals surface area contributed by atoms with E-state index in [0.717, 1.165) is 0 Å². The number of allylic oxidation sites excluding steroid dienone is 4. The molecule has 19 heavy (non-hydrogen) atoms. The van der Waals surface area contributed by atoms with Gasteiger partial charge in [-0.1, -0.05) is 18.5 Å². The van der Waals surface area contributed by atoms with Gasteiger partial charge in [0.1, 0.15) is 0 Å². The molecule has 5 nitrogen and oxygen atoms in total. The summed E-state index contributed by atoms with van der Waals surface area (Å²) in [4.78, 5) is 11.7. The Labute approximate surface area is 116 Å². The van der Waals surface area contributed by atoms with Gasteiger partial charge in [0.25, 0.3) is 5.56 Å². The highest BCUT2D eigenvalue weighted by molar-refractivity contribution is 7.94. The van der Waals surface area contributed by atoms with Gasteiger partial charge in [0.2, 0.25) is 0 Å². The smallest absolute Gasteiger partial charge is 0.266 e. The molecular weight excluding hydrogens is 288 g/mol. The van der Waals surface area contributed by atoms with Gasteiger partial charge in [-0.3, -0.25) is 14.6 Å². The van der Waals surface area contributed by atoms with E-state index in [-0.39, 0.29) is 17.2 Å². The number of aryl methyl sites for hydroxylation is 1. The molecule has 0 bridgehead atoms. The molecule has 0 saturated carbocycles. The molecule has 0 saturated heterocycles. The molecule has 104 valence electrons. The lowest BCUT2D eigenvalue weighted by Gasteiger charge is -2.18. The Balaban J connectivity index is 2.31. The number of H-pyrrole nitrogens is 1. The third-order valence-corrected chi connectivity index (χ3v) is 5.29. The Morgan fingerprint density at radius 3 is 2.68 bits per heavy atom. The molecule has 2 rings (SSSR count). The van der Waals surface area contributed by atoms with Crippen molar-refractivity contribution in [2.45, 2.75) is 19.1 Å². The summed E-state index contributed by atoms with van der Waals surface area (Å²) in [6.07, 6.45) is 3.69. The summed E-state index contributed by atoms with van der Waals surface area (Å²) in [7, 11) is -1.89. The number of halogens is 1. The second-order valence-electron chi connectivity index (χ2n) is 4.73. The first-order valence-corrected chi connectivity index (χ1v) is 7.86. The van der Waals surface area contributed by atoms with Crippen LogP contribution in [-0.2, 0) is 22.6 Å². The molecule has 1 aliphatic carbocycles. The standard InChI is InChI=1S/C12H15ClN2O3S/c1-8-5-9(13)3-4-11(8)19(17,18)7-10-6-12(16)15(2)14-10/h3-4,6,8,14H,5,7H2,1-2H3. The molecule has 1 aliphatic rings. The zero-order valence-corrected chi connectivity index (χ0v) is 12.3. The Bertz CT molecular complexity index is 710. The van der Waals surface area contributed by atoms with E-state index in [1.165, 1.54) is 10.7 Å². The molecule has 7 heteroatoms. The summed E-state index contributed by atoms with van der Waals surface area (Å²) < 4.78 is 25.9. The van der Waals surface area contributed by atoms with Gasteiger partial charge in [-0.2, -0.15) is 0 Å². The van der Waals surface area contributed by atoms with Crippen molar-refractivity contribution in [1.29, 1.82) is 0 Å². The Morgan fingerprint density at radius 1 is 1.47 bits per heavy atom. The van der Waals surface area contributed by atoms with E-state index in [2.05, 4.69) is 5.10 Å². The molecule has 1 unspecified atom stereocenters. The van der Waals surface area contributed by atoms with Crippen molar-refractivity contribution in [3.05, 3.63) is 44.2 Å². The Hall–Kier alpha value is -1.27. The molecule has 0 amide bonds. The molecule has 1 atom stereocenters. The van der Waals surface area contributed by atoms with E-state index in [1.54, 1.807) is 19.2 Å². The van der Waals surface area contributed by atoms with E-state index in [9.17, 15) is 13.2 Å². The second-order valence-corrected chi connectivity index (χ2v) is 7.20. The lowest BCUT2D eigenvalue weighted by molar-refractivity contribution is 0.587. The third-order valence-electron chi connectivity index (χ3n) is 3.06. The maximum atomic E-state index is 12.3. The summed E-state index contributed by atoms with van der Waals surface area (Å²) in [5.74, 6) is -0.344. The molecular formula is C12H15ClN2O3S. The van der Waals surface area contributed by atoms with E-state index in [1.807, 2.05) is 6.92 Å². The quantitative estimate of drug-likeness (QED) is 0.923. The molecule has 1 heterocycles. The Morgan fingerprint density at radius 2 is 2.16 bits per heavy atom. The fraction of sp³-hybridized carbons (Fsp3) is 0.417. The van der Waals surface area contributed by atoms with E-state index >= 15 is 0 Å². The molecule has 0 aliphatic heterocycles. The molecule has 0 radical (unpaired) electrons. The number of hydrogen-bond donors (Lipinski definition) is 1. The van der Waals surface area contributed by atoms with Crippen molar-refractivity contribution in [1.82, 2.24) is 9.78 Å². The predicted octanol–water partition coefficient (Wildman–Crippen LogP) is 1.67. The molecule has 0 spiro atoms. The van der Waals surface area contributed by atoms with Crippen LogP contribution in [0.2, 0.25) is 0 Å². The largest absolute Gasteiger partial charge is 0.299 e. The fourth-order valence-electron chi connectivity index (χ4n) is 2.12. The fourth-order valence-corrected chi connectivity index (χ4v) is 4.11. The van der Waals surface area contributed by atoms with Gasteiger partial charge >= 0.3 is 0 Å². The summed E-state index contributed by atoms with van der Waals surface area (Å²) >= 11 is 5.88. The van der Waals surface area contributed by atoms with Crippen LogP contribution in [0.1, 0.15) is 19.0 Å². The zero-order valence-electron chi connectivity index (χ0n) is 10.7. The van der Waals surface area contributed by atoms with Crippen LogP contribution < -0.4 is 5.56 Å². The van der Waals surface area contributed by atoms with Crippen molar-refractivity contribution in [3.8, 4) is 0 Å². The van der Waals surface area contributed by atoms with Crippen LogP contribution in [0.15, 0.2) is 33.0 Å². The summed E-state index contributed by atoms with van der Waals surface area (Å²) in [5.41, 5.74) is 0.139. The minimum atomic E-state index is -3.44. The SMILES string of the molecule is CC1CC(Cl)=CC=C1S(=O)(=O)Cc1cc(=O)n(C)[nH]1. The van der Waals surface area contributed by atoms with Crippen LogP contribution in [0, 0.1) is 5.92 Å². The monoisotopic (exact) mass is 302 g/mol. The van der Waals surface area contributed by atoms with Crippen LogP contribution in [-0.4, -0.2) is 18.2 Å². The maximum absolute atomic E-state index is 12.3. The molecule has 1 aromatic heterocycles. The highest BCUT2D eigenvalue weighted by atomic mass is 35.5. The van der Waals surface area contributed by atoms with Crippen LogP contribution in [0.5, 0.6) is 0 Å². The number of hydrogen-bond acceptors (Lipinski definition) is 3. The highest BCUT2D eigenvalue weighted by Crippen LogP contribution is 2.31. The normalized spacial score (nSPS) is 20.1. The summed E-state index contributed by atoms with van der Waals surface area (Å²) in [6, 6.07) is 1.30. The predicted molar refractivity (Wildman–Crippen MR) is 74.5 cm³/mol. The van der Waals surface area contributed by atoms with E-state index < -0.39 is 9.84 Å².